The molecule has 2 aliphatic heterocycles. The Morgan fingerprint density at radius 3 is 2.58 bits per heavy atom. The molecule has 0 spiro atoms. The smallest absolute Gasteiger partial charge is 0.0950 e. The standard InChI is InChI=1S/C8H16N2O2/c1-10(6-2-9-3-6)7-4-12-5-8(7)11/h6-9,11H,2-5H2,1H3. The van der Waals surface area contributed by atoms with Crippen LogP contribution in [0.3, 0.4) is 0 Å². The Labute approximate surface area is 72.5 Å². The number of nitrogens with zero attached hydrogens (tertiary/aromatic N) is 1. The number of aliphatic hydroxyl groups is 1. The van der Waals surface area contributed by atoms with Crippen LogP contribution in [0.25, 0.3) is 0 Å². The SMILES string of the molecule is CN(C1CNC1)C1COCC1O. The van der Waals surface area contributed by atoms with Gasteiger partial charge < -0.3 is 15.2 Å². The van der Waals surface area contributed by atoms with Gasteiger partial charge in [-0.15, -0.1) is 0 Å². The Balaban J connectivity index is 1.89. The molecule has 2 fully saturated rings. The molecular weight excluding hydrogens is 156 g/mol. The third-order valence-corrected chi connectivity index (χ3v) is 2.88. The summed E-state index contributed by atoms with van der Waals surface area (Å²) in [7, 11) is 2.06. The van der Waals surface area contributed by atoms with Crippen molar-refractivity contribution in [3.8, 4) is 0 Å². The van der Waals surface area contributed by atoms with E-state index in [-0.39, 0.29) is 12.1 Å². The fourth-order valence-electron chi connectivity index (χ4n) is 1.75. The maximum absolute atomic E-state index is 9.54. The van der Waals surface area contributed by atoms with Gasteiger partial charge in [-0.1, -0.05) is 0 Å². The summed E-state index contributed by atoms with van der Waals surface area (Å²) in [5, 5.41) is 12.8. The molecular formula is C8H16N2O2. The molecule has 2 heterocycles. The molecule has 2 rings (SSSR count). The lowest BCUT2D eigenvalue weighted by molar-refractivity contribution is 0.0558. The first-order chi connectivity index (χ1) is 5.79. The number of aliphatic hydroxyl groups excluding tert-OH is 1. The van der Waals surface area contributed by atoms with Gasteiger partial charge in [-0.3, -0.25) is 4.90 Å². The van der Waals surface area contributed by atoms with Crippen molar-refractivity contribution in [3.63, 3.8) is 0 Å². The van der Waals surface area contributed by atoms with Crippen molar-refractivity contribution in [1.29, 1.82) is 0 Å². The molecule has 2 saturated heterocycles. The van der Waals surface area contributed by atoms with E-state index in [4.69, 9.17) is 4.74 Å². The molecule has 0 aliphatic carbocycles. The average molecular weight is 172 g/mol. The lowest BCUT2D eigenvalue weighted by atomic mass is 10.1. The second-order valence-corrected chi connectivity index (χ2v) is 3.65. The highest BCUT2D eigenvalue weighted by molar-refractivity contribution is 4.91. The summed E-state index contributed by atoms with van der Waals surface area (Å²) in [6, 6.07) is 0.795. The number of likely N-dealkylation sites (N-methyl/N-ethyl adjacent to an activating group) is 1. The molecule has 2 aliphatic rings. The fourth-order valence-corrected chi connectivity index (χ4v) is 1.75. The van der Waals surface area contributed by atoms with E-state index in [0.29, 0.717) is 19.3 Å². The summed E-state index contributed by atoms with van der Waals surface area (Å²) in [6.45, 7) is 3.25. The normalized spacial score (nSPS) is 37.2. The van der Waals surface area contributed by atoms with Crippen LogP contribution in [0.5, 0.6) is 0 Å². The molecule has 0 aromatic carbocycles. The van der Waals surface area contributed by atoms with E-state index in [0.717, 1.165) is 13.1 Å². The van der Waals surface area contributed by atoms with Crippen LogP contribution in [0.2, 0.25) is 0 Å². The molecule has 0 amide bonds. The van der Waals surface area contributed by atoms with Crippen molar-refractivity contribution < 1.29 is 9.84 Å². The van der Waals surface area contributed by atoms with Crippen molar-refractivity contribution in [2.75, 3.05) is 33.4 Å². The van der Waals surface area contributed by atoms with Gasteiger partial charge in [0.1, 0.15) is 0 Å². The number of nitrogens with one attached hydrogen (secondary N) is 1. The van der Waals surface area contributed by atoms with E-state index in [2.05, 4.69) is 17.3 Å². The monoisotopic (exact) mass is 172 g/mol. The molecule has 12 heavy (non-hydrogen) atoms. The molecule has 0 radical (unpaired) electrons. The van der Waals surface area contributed by atoms with Gasteiger partial charge in [0.2, 0.25) is 0 Å². The topological polar surface area (TPSA) is 44.7 Å². The van der Waals surface area contributed by atoms with Crippen LogP contribution in [0, 0.1) is 0 Å². The van der Waals surface area contributed by atoms with Gasteiger partial charge in [0, 0.05) is 19.1 Å². The van der Waals surface area contributed by atoms with Gasteiger partial charge in [-0.2, -0.15) is 0 Å². The van der Waals surface area contributed by atoms with Gasteiger partial charge in [0.25, 0.3) is 0 Å². The summed E-state index contributed by atoms with van der Waals surface area (Å²) in [4.78, 5) is 2.23. The number of hydrogen-bond donors (Lipinski definition) is 2. The molecule has 2 unspecified atom stereocenters. The molecule has 2 atom stereocenters. The van der Waals surface area contributed by atoms with Crippen LogP contribution in [-0.4, -0.2) is 61.5 Å². The molecule has 2 N–H and O–H groups in total. The van der Waals surface area contributed by atoms with Crippen LogP contribution in [0.15, 0.2) is 0 Å². The first-order valence-corrected chi connectivity index (χ1v) is 4.47. The second-order valence-electron chi connectivity index (χ2n) is 3.65. The first-order valence-electron chi connectivity index (χ1n) is 4.47. The average Bonchev–Trinajstić information content (AvgIpc) is 2.31. The third-order valence-electron chi connectivity index (χ3n) is 2.88. The van der Waals surface area contributed by atoms with Crippen molar-refractivity contribution in [1.82, 2.24) is 10.2 Å². The van der Waals surface area contributed by atoms with Crippen LogP contribution in [0.1, 0.15) is 0 Å². The molecule has 4 nitrogen and oxygen atoms in total. The minimum atomic E-state index is -0.296. The Morgan fingerprint density at radius 1 is 1.42 bits per heavy atom. The van der Waals surface area contributed by atoms with E-state index in [1.165, 1.54) is 0 Å². The minimum absolute atomic E-state index is 0.206. The quantitative estimate of drug-likeness (QED) is 0.540. The van der Waals surface area contributed by atoms with Crippen LogP contribution in [-0.2, 0) is 4.74 Å². The summed E-state index contributed by atoms with van der Waals surface area (Å²) in [6.07, 6.45) is -0.296. The highest BCUT2D eigenvalue weighted by Gasteiger charge is 2.35. The van der Waals surface area contributed by atoms with Gasteiger partial charge in [0.15, 0.2) is 0 Å². The molecule has 0 aromatic rings. The zero-order valence-electron chi connectivity index (χ0n) is 7.36. The summed E-state index contributed by atoms with van der Waals surface area (Å²) in [5.74, 6) is 0. The second kappa shape index (κ2) is 3.30. The maximum Gasteiger partial charge on any atom is 0.0950 e. The van der Waals surface area contributed by atoms with Crippen LogP contribution < -0.4 is 5.32 Å². The fraction of sp³-hybridized carbons (Fsp3) is 1.00. The highest BCUT2D eigenvalue weighted by atomic mass is 16.5. The van der Waals surface area contributed by atoms with Crippen LogP contribution >= 0.6 is 0 Å². The Bertz CT molecular complexity index is 161. The number of rotatable bonds is 2. The predicted octanol–water partition coefficient (Wildman–Crippen LogP) is -1.35. The Hall–Kier alpha value is -0.160. The van der Waals surface area contributed by atoms with E-state index < -0.39 is 0 Å². The van der Waals surface area contributed by atoms with Crippen molar-refractivity contribution in [2.24, 2.45) is 0 Å². The zero-order valence-corrected chi connectivity index (χ0v) is 7.36. The maximum atomic E-state index is 9.54. The molecule has 0 aromatic heterocycles. The zero-order chi connectivity index (χ0) is 8.55. The summed E-state index contributed by atoms with van der Waals surface area (Å²) in [5.41, 5.74) is 0. The van der Waals surface area contributed by atoms with Crippen molar-refractivity contribution >= 4 is 0 Å². The summed E-state index contributed by atoms with van der Waals surface area (Å²) < 4.78 is 5.20. The first kappa shape index (κ1) is 8.44. The van der Waals surface area contributed by atoms with E-state index in [1.54, 1.807) is 0 Å². The van der Waals surface area contributed by atoms with Gasteiger partial charge in [-0.05, 0) is 7.05 Å². The van der Waals surface area contributed by atoms with Gasteiger partial charge in [-0.25, -0.2) is 0 Å². The van der Waals surface area contributed by atoms with Gasteiger partial charge in [0.05, 0.1) is 25.4 Å². The lowest BCUT2D eigenvalue weighted by Crippen LogP contribution is -2.60. The molecule has 4 heteroatoms. The lowest BCUT2D eigenvalue weighted by Gasteiger charge is -2.39. The van der Waals surface area contributed by atoms with Crippen molar-refractivity contribution in [3.05, 3.63) is 0 Å². The molecule has 70 valence electrons. The molecule has 0 bridgehead atoms. The third kappa shape index (κ3) is 1.35. The molecule has 0 saturated carbocycles. The summed E-state index contributed by atoms with van der Waals surface area (Å²) >= 11 is 0. The Morgan fingerprint density at radius 2 is 2.17 bits per heavy atom. The van der Waals surface area contributed by atoms with E-state index in [1.807, 2.05) is 0 Å². The largest absolute Gasteiger partial charge is 0.389 e. The van der Waals surface area contributed by atoms with Crippen molar-refractivity contribution in [2.45, 2.75) is 18.2 Å². The van der Waals surface area contributed by atoms with E-state index in [9.17, 15) is 5.11 Å². The van der Waals surface area contributed by atoms with Crippen LogP contribution in [0.4, 0.5) is 0 Å². The van der Waals surface area contributed by atoms with E-state index >= 15 is 0 Å². The minimum Gasteiger partial charge on any atom is -0.389 e. The van der Waals surface area contributed by atoms with Gasteiger partial charge >= 0.3 is 0 Å². The Kier molecular flexibility index (Phi) is 2.32. The predicted molar refractivity (Wildman–Crippen MR) is 45.0 cm³/mol. The number of hydrogen-bond acceptors (Lipinski definition) is 4. The highest BCUT2D eigenvalue weighted by Crippen LogP contribution is 2.15. The number of ether oxygens (including phenoxy) is 1.